The molecule has 0 aliphatic heterocycles. The standard InChI is InChI=1S/C30H34/c1-7-29(3,4)23-17-21-13-9-11-15-25(21)27(19-23)28-20-24(30(5,6)8-2)18-22-14-10-12-16-26(22)28/h9-20H,7-8H2,1-6H3. The summed E-state index contributed by atoms with van der Waals surface area (Å²) in [6.07, 6.45) is 2.24. The fourth-order valence-electron chi connectivity index (χ4n) is 4.26. The molecule has 0 spiro atoms. The van der Waals surface area contributed by atoms with Gasteiger partial charge in [-0.15, -0.1) is 0 Å². The second-order valence-electron chi connectivity index (χ2n) is 9.96. The van der Waals surface area contributed by atoms with Gasteiger partial charge in [-0.05, 0) is 79.6 Å². The first-order chi connectivity index (χ1) is 14.3. The second-order valence-corrected chi connectivity index (χ2v) is 9.96. The molecule has 0 fully saturated rings. The topological polar surface area (TPSA) is 0 Å². The summed E-state index contributed by atoms with van der Waals surface area (Å²) < 4.78 is 0. The van der Waals surface area contributed by atoms with Crippen LogP contribution in [-0.2, 0) is 10.8 Å². The third-order valence-corrected chi connectivity index (χ3v) is 7.34. The lowest BCUT2D eigenvalue weighted by Gasteiger charge is -2.27. The molecule has 154 valence electrons. The average Bonchev–Trinajstić information content (AvgIpc) is 2.77. The van der Waals surface area contributed by atoms with Crippen molar-refractivity contribution in [2.75, 3.05) is 0 Å². The minimum atomic E-state index is 0.148. The summed E-state index contributed by atoms with van der Waals surface area (Å²) in [6, 6.07) is 27.4. The molecule has 0 heteroatoms. The van der Waals surface area contributed by atoms with Crippen molar-refractivity contribution in [2.24, 2.45) is 0 Å². The molecule has 30 heavy (non-hydrogen) atoms. The Balaban J connectivity index is 2.12. The summed E-state index contributed by atoms with van der Waals surface area (Å²) in [5.74, 6) is 0. The van der Waals surface area contributed by atoms with Gasteiger partial charge in [0.2, 0.25) is 0 Å². The maximum atomic E-state index is 2.45. The van der Waals surface area contributed by atoms with Gasteiger partial charge in [0.05, 0.1) is 0 Å². The van der Waals surface area contributed by atoms with E-state index in [0.717, 1.165) is 12.8 Å². The van der Waals surface area contributed by atoms with E-state index in [1.165, 1.54) is 43.8 Å². The van der Waals surface area contributed by atoms with Gasteiger partial charge in [0, 0.05) is 0 Å². The van der Waals surface area contributed by atoms with Gasteiger partial charge < -0.3 is 0 Å². The number of fused-ring (bicyclic) bond motifs is 2. The van der Waals surface area contributed by atoms with Gasteiger partial charge in [0.25, 0.3) is 0 Å². The zero-order valence-corrected chi connectivity index (χ0v) is 19.3. The molecule has 0 atom stereocenters. The van der Waals surface area contributed by atoms with E-state index < -0.39 is 0 Å². The number of benzene rings is 4. The van der Waals surface area contributed by atoms with E-state index in [-0.39, 0.29) is 10.8 Å². The van der Waals surface area contributed by atoms with Crippen molar-refractivity contribution in [3.8, 4) is 11.1 Å². The molecule has 0 nitrogen and oxygen atoms in total. The Bertz CT molecular complexity index is 1110. The highest BCUT2D eigenvalue weighted by Crippen LogP contribution is 2.41. The highest BCUT2D eigenvalue weighted by atomic mass is 14.3. The summed E-state index contributed by atoms with van der Waals surface area (Å²) in [6.45, 7) is 14.0. The van der Waals surface area contributed by atoms with Crippen molar-refractivity contribution in [2.45, 2.75) is 65.2 Å². The fraction of sp³-hybridized carbons (Fsp3) is 0.333. The summed E-state index contributed by atoms with van der Waals surface area (Å²) in [7, 11) is 0. The third kappa shape index (κ3) is 3.54. The molecule has 4 aromatic carbocycles. The van der Waals surface area contributed by atoms with Gasteiger partial charge >= 0.3 is 0 Å². The number of hydrogen-bond donors (Lipinski definition) is 0. The largest absolute Gasteiger partial charge is 0.0646 e. The van der Waals surface area contributed by atoms with E-state index in [1.807, 2.05) is 0 Å². The molecule has 0 aliphatic carbocycles. The van der Waals surface area contributed by atoms with Gasteiger partial charge in [-0.25, -0.2) is 0 Å². The summed E-state index contributed by atoms with van der Waals surface area (Å²) in [4.78, 5) is 0. The molecule has 4 aromatic rings. The minimum absolute atomic E-state index is 0.148. The predicted molar refractivity (Wildman–Crippen MR) is 134 cm³/mol. The van der Waals surface area contributed by atoms with Crippen LogP contribution in [0.2, 0.25) is 0 Å². The molecule has 0 aromatic heterocycles. The van der Waals surface area contributed by atoms with Gasteiger partial charge in [0.1, 0.15) is 0 Å². The monoisotopic (exact) mass is 394 g/mol. The zero-order chi connectivity index (χ0) is 21.5. The molecule has 0 aliphatic rings. The lowest BCUT2D eigenvalue weighted by Crippen LogP contribution is -2.16. The van der Waals surface area contributed by atoms with E-state index in [1.54, 1.807) is 0 Å². The smallest absolute Gasteiger partial charge is 0.00961 e. The van der Waals surface area contributed by atoms with Crippen LogP contribution < -0.4 is 0 Å². The van der Waals surface area contributed by atoms with Crippen molar-refractivity contribution in [1.82, 2.24) is 0 Å². The third-order valence-electron chi connectivity index (χ3n) is 7.34. The van der Waals surface area contributed by atoms with Crippen LogP contribution in [0.5, 0.6) is 0 Å². The van der Waals surface area contributed by atoms with Crippen molar-refractivity contribution in [3.63, 3.8) is 0 Å². The molecule has 0 N–H and O–H groups in total. The molecular weight excluding hydrogens is 360 g/mol. The summed E-state index contributed by atoms with van der Waals surface area (Å²) in [5.41, 5.74) is 5.85. The average molecular weight is 395 g/mol. The second kappa shape index (κ2) is 7.58. The predicted octanol–water partition coefficient (Wildman–Crippen LogP) is 9.04. The van der Waals surface area contributed by atoms with E-state index in [4.69, 9.17) is 0 Å². The molecule has 0 radical (unpaired) electrons. The Morgan fingerprint density at radius 3 is 1.27 bits per heavy atom. The first-order valence-electron chi connectivity index (χ1n) is 11.3. The summed E-state index contributed by atoms with van der Waals surface area (Å²) >= 11 is 0. The van der Waals surface area contributed by atoms with Gasteiger partial charge in [0.15, 0.2) is 0 Å². The molecule has 0 amide bonds. The maximum Gasteiger partial charge on any atom is -0.00961 e. The Kier molecular flexibility index (Phi) is 5.22. The Hall–Kier alpha value is -2.60. The minimum Gasteiger partial charge on any atom is -0.0646 e. The lowest BCUT2D eigenvalue weighted by atomic mass is 9.77. The molecule has 0 saturated carbocycles. The van der Waals surface area contributed by atoms with E-state index >= 15 is 0 Å². The first-order valence-corrected chi connectivity index (χ1v) is 11.3. The molecule has 0 unspecified atom stereocenters. The molecule has 0 heterocycles. The zero-order valence-electron chi connectivity index (χ0n) is 19.3. The van der Waals surface area contributed by atoms with Crippen LogP contribution in [0, 0.1) is 0 Å². The Morgan fingerprint density at radius 1 is 0.533 bits per heavy atom. The summed E-state index contributed by atoms with van der Waals surface area (Å²) in [5, 5.41) is 5.33. The van der Waals surface area contributed by atoms with Crippen LogP contribution in [0.3, 0.4) is 0 Å². The molecular formula is C30H34. The van der Waals surface area contributed by atoms with E-state index in [0.29, 0.717) is 0 Å². The fourth-order valence-corrected chi connectivity index (χ4v) is 4.26. The molecule has 0 saturated heterocycles. The first kappa shape index (κ1) is 20.7. The van der Waals surface area contributed by atoms with Gasteiger partial charge in [-0.1, -0.05) is 102 Å². The Morgan fingerprint density at radius 2 is 0.900 bits per heavy atom. The van der Waals surface area contributed by atoms with E-state index in [2.05, 4.69) is 114 Å². The van der Waals surface area contributed by atoms with Gasteiger partial charge in [-0.2, -0.15) is 0 Å². The van der Waals surface area contributed by atoms with E-state index in [9.17, 15) is 0 Å². The van der Waals surface area contributed by atoms with Crippen LogP contribution in [-0.4, -0.2) is 0 Å². The molecule has 4 rings (SSSR count). The van der Waals surface area contributed by atoms with Crippen LogP contribution in [0.1, 0.15) is 65.5 Å². The van der Waals surface area contributed by atoms with Crippen LogP contribution >= 0.6 is 0 Å². The van der Waals surface area contributed by atoms with Crippen molar-refractivity contribution in [1.29, 1.82) is 0 Å². The number of rotatable bonds is 5. The lowest BCUT2D eigenvalue weighted by molar-refractivity contribution is 0.506. The SMILES string of the molecule is CCC(C)(C)c1cc(-c2cc(C(C)(C)CC)cc3ccccc23)c2ccccc2c1. The van der Waals surface area contributed by atoms with Crippen molar-refractivity contribution < 1.29 is 0 Å². The van der Waals surface area contributed by atoms with Crippen molar-refractivity contribution in [3.05, 3.63) is 83.9 Å². The number of hydrogen-bond acceptors (Lipinski definition) is 0. The maximum absolute atomic E-state index is 2.45. The quantitative estimate of drug-likeness (QED) is 0.317. The van der Waals surface area contributed by atoms with Crippen LogP contribution in [0.4, 0.5) is 0 Å². The highest BCUT2D eigenvalue weighted by molar-refractivity contribution is 6.06. The van der Waals surface area contributed by atoms with Crippen molar-refractivity contribution >= 4 is 21.5 Å². The Labute approximate surface area is 182 Å². The van der Waals surface area contributed by atoms with Gasteiger partial charge in [-0.3, -0.25) is 0 Å². The molecule has 0 bridgehead atoms. The highest BCUT2D eigenvalue weighted by Gasteiger charge is 2.23. The van der Waals surface area contributed by atoms with Crippen LogP contribution in [0.15, 0.2) is 72.8 Å². The van der Waals surface area contributed by atoms with Crippen LogP contribution in [0.25, 0.3) is 32.7 Å². The normalized spacial score (nSPS) is 12.6.